The molecule has 24 heavy (non-hydrogen) atoms. The molecule has 0 aliphatic carbocycles. The average Bonchev–Trinajstić information content (AvgIpc) is 3.28. The van der Waals surface area contributed by atoms with Gasteiger partial charge in [0.1, 0.15) is 4.88 Å². The van der Waals surface area contributed by atoms with Crippen molar-refractivity contribution >= 4 is 23.1 Å². The van der Waals surface area contributed by atoms with Crippen molar-refractivity contribution < 1.29 is 9.53 Å². The van der Waals surface area contributed by atoms with Gasteiger partial charge < -0.3 is 14.5 Å². The Kier molecular flexibility index (Phi) is 5.42. The first-order valence-electron chi connectivity index (χ1n) is 8.08. The van der Waals surface area contributed by atoms with Gasteiger partial charge in [0, 0.05) is 39.5 Å². The average molecular weight is 346 g/mol. The van der Waals surface area contributed by atoms with Crippen LogP contribution < -0.4 is 4.90 Å². The van der Waals surface area contributed by atoms with Crippen molar-refractivity contribution in [3.63, 3.8) is 0 Å². The Morgan fingerprint density at radius 3 is 2.71 bits per heavy atom. The smallest absolute Gasteiger partial charge is 0.267 e. The molecule has 7 heteroatoms. The van der Waals surface area contributed by atoms with E-state index in [1.165, 1.54) is 6.20 Å². The Hall–Kier alpha value is -1.99. The number of amides is 1. The summed E-state index contributed by atoms with van der Waals surface area (Å²) in [5.74, 6) is -0.0304. The molecular formula is C17H22N4O2S. The van der Waals surface area contributed by atoms with Crippen molar-refractivity contribution in [3.8, 4) is 0 Å². The minimum absolute atomic E-state index is 0.0304. The second kappa shape index (κ2) is 7.72. The largest absolute Gasteiger partial charge is 0.378 e. The number of ether oxygens (including phenoxy) is 1. The SMILES string of the molecule is CN(C)c1ccc(CN(C[C@@H]2CCCO2)C(=O)c2cnns2)cc1. The molecule has 1 aliphatic heterocycles. The predicted molar refractivity (Wildman–Crippen MR) is 94.4 cm³/mol. The van der Waals surface area contributed by atoms with Crippen LogP contribution in [0, 0.1) is 0 Å². The summed E-state index contributed by atoms with van der Waals surface area (Å²) in [4.78, 5) is 17.2. The number of benzene rings is 1. The lowest BCUT2D eigenvalue weighted by molar-refractivity contribution is 0.0511. The van der Waals surface area contributed by atoms with E-state index in [9.17, 15) is 4.79 Å². The summed E-state index contributed by atoms with van der Waals surface area (Å²) >= 11 is 1.13. The molecule has 0 N–H and O–H groups in total. The van der Waals surface area contributed by atoms with Crippen LogP contribution in [0.25, 0.3) is 0 Å². The number of hydrogen-bond donors (Lipinski definition) is 0. The summed E-state index contributed by atoms with van der Waals surface area (Å²) in [6.07, 6.45) is 3.72. The summed E-state index contributed by atoms with van der Waals surface area (Å²) in [5.41, 5.74) is 2.24. The molecule has 0 bridgehead atoms. The maximum Gasteiger partial charge on any atom is 0.267 e. The molecule has 0 spiro atoms. The van der Waals surface area contributed by atoms with Gasteiger partial charge in [-0.25, -0.2) is 0 Å². The van der Waals surface area contributed by atoms with Gasteiger partial charge >= 0.3 is 0 Å². The molecule has 2 heterocycles. The van der Waals surface area contributed by atoms with Crippen LogP contribution in [0.2, 0.25) is 0 Å². The Morgan fingerprint density at radius 1 is 1.33 bits per heavy atom. The molecule has 1 fully saturated rings. The Bertz CT molecular complexity index is 652. The molecule has 0 saturated carbocycles. The van der Waals surface area contributed by atoms with Crippen LogP contribution in [0.3, 0.4) is 0 Å². The highest BCUT2D eigenvalue weighted by atomic mass is 32.1. The minimum Gasteiger partial charge on any atom is -0.378 e. The zero-order valence-electron chi connectivity index (χ0n) is 14.0. The van der Waals surface area contributed by atoms with E-state index in [2.05, 4.69) is 38.8 Å². The van der Waals surface area contributed by atoms with E-state index in [-0.39, 0.29) is 12.0 Å². The highest BCUT2D eigenvalue weighted by molar-refractivity contribution is 7.07. The molecular weight excluding hydrogens is 324 g/mol. The number of carbonyl (C=O) groups excluding carboxylic acids is 1. The quantitative estimate of drug-likeness (QED) is 0.804. The third kappa shape index (κ3) is 4.10. The van der Waals surface area contributed by atoms with Crippen LogP contribution in [0.15, 0.2) is 30.5 Å². The van der Waals surface area contributed by atoms with Crippen molar-refractivity contribution in [3.05, 3.63) is 40.9 Å². The van der Waals surface area contributed by atoms with E-state index in [0.29, 0.717) is 18.0 Å². The molecule has 1 atom stereocenters. The lowest BCUT2D eigenvalue weighted by Gasteiger charge is -2.25. The van der Waals surface area contributed by atoms with E-state index >= 15 is 0 Å². The minimum atomic E-state index is -0.0304. The Morgan fingerprint density at radius 2 is 2.12 bits per heavy atom. The highest BCUT2D eigenvalue weighted by Crippen LogP contribution is 2.19. The molecule has 1 aromatic heterocycles. The molecule has 1 saturated heterocycles. The molecule has 2 aromatic rings. The van der Waals surface area contributed by atoms with E-state index < -0.39 is 0 Å². The van der Waals surface area contributed by atoms with Gasteiger partial charge in [-0.2, -0.15) is 0 Å². The van der Waals surface area contributed by atoms with Gasteiger partial charge in [0.25, 0.3) is 5.91 Å². The molecule has 0 radical (unpaired) electrons. The normalized spacial score (nSPS) is 17.0. The summed E-state index contributed by atoms with van der Waals surface area (Å²) in [6.45, 7) is 1.95. The van der Waals surface area contributed by atoms with E-state index in [0.717, 1.165) is 42.2 Å². The molecule has 1 aliphatic rings. The zero-order valence-corrected chi connectivity index (χ0v) is 14.8. The fourth-order valence-corrected chi connectivity index (χ4v) is 3.27. The van der Waals surface area contributed by atoms with Crippen LogP contribution in [0.5, 0.6) is 0 Å². The first kappa shape index (κ1) is 16.9. The number of hydrogen-bond acceptors (Lipinski definition) is 6. The zero-order chi connectivity index (χ0) is 16.9. The number of anilines is 1. The molecule has 3 rings (SSSR count). The monoisotopic (exact) mass is 346 g/mol. The fourth-order valence-electron chi connectivity index (χ4n) is 2.79. The van der Waals surface area contributed by atoms with Gasteiger partial charge in [-0.1, -0.05) is 16.6 Å². The van der Waals surface area contributed by atoms with Crippen molar-refractivity contribution in [2.45, 2.75) is 25.5 Å². The van der Waals surface area contributed by atoms with E-state index in [1.54, 1.807) is 0 Å². The predicted octanol–water partition coefficient (Wildman–Crippen LogP) is 2.43. The summed E-state index contributed by atoms with van der Waals surface area (Å²) in [5, 5.41) is 3.78. The molecule has 128 valence electrons. The third-order valence-electron chi connectivity index (χ3n) is 4.13. The van der Waals surface area contributed by atoms with Gasteiger partial charge in [0.05, 0.1) is 12.3 Å². The molecule has 6 nitrogen and oxygen atoms in total. The van der Waals surface area contributed by atoms with Gasteiger partial charge in [-0.05, 0) is 42.1 Å². The van der Waals surface area contributed by atoms with Crippen LogP contribution in [-0.2, 0) is 11.3 Å². The van der Waals surface area contributed by atoms with Crippen molar-refractivity contribution in [2.75, 3.05) is 32.1 Å². The van der Waals surface area contributed by atoms with Gasteiger partial charge in [-0.3, -0.25) is 4.79 Å². The van der Waals surface area contributed by atoms with Gasteiger partial charge in [-0.15, -0.1) is 5.10 Å². The Balaban J connectivity index is 1.74. The first-order chi connectivity index (χ1) is 11.6. The topological polar surface area (TPSA) is 58.6 Å². The maximum atomic E-state index is 12.8. The van der Waals surface area contributed by atoms with E-state index in [1.807, 2.05) is 19.0 Å². The number of carbonyl (C=O) groups is 1. The maximum absolute atomic E-state index is 12.8. The first-order valence-corrected chi connectivity index (χ1v) is 8.85. The lowest BCUT2D eigenvalue weighted by Crippen LogP contribution is -2.36. The number of nitrogens with zero attached hydrogens (tertiary/aromatic N) is 4. The van der Waals surface area contributed by atoms with Crippen molar-refractivity contribution in [1.82, 2.24) is 14.5 Å². The summed E-state index contributed by atoms with van der Waals surface area (Å²) < 4.78 is 9.51. The highest BCUT2D eigenvalue weighted by Gasteiger charge is 2.24. The second-order valence-electron chi connectivity index (χ2n) is 6.16. The second-order valence-corrected chi connectivity index (χ2v) is 6.95. The lowest BCUT2D eigenvalue weighted by atomic mass is 10.1. The summed E-state index contributed by atoms with van der Waals surface area (Å²) in [6, 6.07) is 8.27. The van der Waals surface area contributed by atoms with E-state index in [4.69, 9.17) is 4.74 Å². The molecule has 1 amide bonds. The van der Waals surface area contributed by atoms with Crippen LogP contribution in [0.1, 0.15) is 28.1 Å². The van der Waals surface area contributed by atoms with Crippen molar-refractivity contribution in [1.29, 1.82) is 0 Å². The van der Waals surface area contributed by atoms with Gasteiger partial charge in [0.15, 0.2) is 0 Å². The number of aromatic nitrogens is 2. The standard InChI is InChI=1S/C17H22N4O2S/c1-20(2)14-7-5-13(6-8-14)11-21(12-15-4-3-9-23-15)17(22)16-10-18-19-24-16/h5-8,10,15H,3-4,9,11-12H2,1-2H3/t15-/m0/s1. The van der Waals surface area contributed by atoms with Crippen LogP contribution in [0.4, 0.5) is 5.69 Å². The number of rotatable bonds is 6. The Labute approximate surface area is 146 Å². The van der Waals surface area contributed by atoms with Crippen molar-refractivity contribution in [2.24, 2.45) is 0 Å². The third-order valence-corrected chi connectivity index (χ3v) is 4.79. The van der Waals surface area contributed by atoms with Crippen LogP contribution in [-0.4, -0.2) is 53.7 Å². The molecule has 0 unspecified atom stereocenters. The molecule has 1 aromatic carbocycles. The fraction of sp³-hybridized carbons (Fsp3) is 0.471. The summed E-state index contributed by atoms with van der Waals surface area (Å²) in [7, 11) is 4.03. The van der Waals surface area contributed by atoms with Gasteiger partial charge in [0.2, 0.25) is 0 Å². The van der Waals surface area contributed by atoms with Crippen LogP contribution >= 0.6 is 11.5 Å².